The highest BCUT2D eigenvalue weighted by atomic mass is 16.5. The van der Waals surface area contributed by atoms with Gasteiger partial charge in [0.05, 0.1) is 7.11 Å². The minimum Gasteiger partial charge on any atom is -0.496 e. The lowest BCUT2D eigenvalue weighted by Gasteiger charge is -2.39. The quantitative estimate of drug-likeness (QED) is 0.759. The average Bonchev–Trinajstić information content (AvgIpc) is 3.03. The van der Waals surface area contributed by atoms with Gasteiger partial charge >= 0.3 is 0 Å². The number of nitrogens with zero attached hydrogens (tertiary/aromatic N) is 1. The van der Waals surface area contributed by atoms with Crippen molar-refractivity contribution in [2.75, 3.05) is 13.7 Å². The van der Waals surface area contributed by atoms with Gasteiger partial charge in [0, 0.05) is 42.6 Å². The minimum atomic E-state index is -0.615. The lowest BCUT2D eigenvalue weighted by atomic mass is 9.80. The van der Waals surface area contributed by atoms with E-state index in [0.29, 0.717) is 24.4 Å². The molecule has 0 aromatic heterocycles. The van der Waals surface area contributed by atoms with Crippen molar-refractivity contribution >= 4 is 17.7 Å². The van der Waals surface area contributed by atoms with Gasteiger partial charge in [0.2, 0.25) is 11.8 Å². The zero-order valence-corrected chi connectivity index (χ0v) is 16.7. The molecule has 3 amide bonds. The van der Waals surface area contributed by atoms with E-state index in [1.165, 1.54) is 5.56 Å². The predicted molar refractivity (Wildman–Crippen MR) is 109 cm³/mol. The minimum absolute atomic E-state index is 0.0603. The Morgan fingerprint density at radius 2 is 1.90 bits per heavy atom. The van der Waals surface area contributed by atoms with E-state index in [-0.39, 0.29) is 24.3 Å². The van der Waals surface area contributed by atoms with Crippen LogP contribution >= 0.6 is 0 Å². The van der Waals surface area contributed by atoms with Gasteiger partial charge < -0.3 is 15.0 Å². The summed E-state index contributed by atoms with van der Waals surface area (Å²) in [4.78, 5) is 38.5. The van der Waals surface area contributed by atoms with Crippen LogP contribution in [-0.2, 0) is 16.1 Å². The SMILES string of the molecule is COc1cc2c(cc1C1NCC1c1ccccc1)C(=O)N(C1CCC(=O)NC1=O)C2. The van der Waals surface area contributed by atoms with Crippen LogP contribution in [0.3, 0.4) is 0 Å². The molecule has 2 fully saturated rings. The van der Waals surface area contributed by atoms with Gasteiger partial charge in [-0.05, 0) is 29.7 Å². The van der Waals surface area contributed by atoms with Crippen LogP contribution in [0.25, 0.3) is 0 Å². The fourth-order valence-corrected chi connectivity index (χ4v) is 4.72. The molecule has 0 aliphatic carbocycles. The smallest absolute Gasteiger partial charge is 0.255 e. The number of imide groups is 1. The summed E-state index contributed by atoms with van der Waals surface area (Å²) in [6, 6.07) is 13.6. The number of methoxy groups -OCH3 is 1. The lowest BCUT2D eigenvalue weighted by Crippen LogP contribution is -2.52. The maximum absolute atomic E-state index is 13.2. The van der Waals surface area contributed by atoms with Crippen molar-refractivity contribution in [2.45, 2.75) is 37.4 Å². The van der Waals surface area contributed by atoms with E-state index in [2.05, 4.69) is 22.8 Å². The second-order valence-corrected chi connectivity index (χ2v) is 8.05. The van der Waals surface area contributed by atoms with Gasteiger partial charge in [-0.15, -0.1) is 0 Å². The first-order valence-corrected chi connectivity index (χ1v) is 10.2. The van der Waals surface area contributed by atoms with Gasteiger partial charge in [-0.2, -0.15) is 0 Å². The van der Waals surface area contributed by atoms with Gasteiger partial charge in [-0.1, -0.05) is 30.3 Å². The number of rotatable bonds is 4. The van der Waals surface area contributed by atoms with Crippen molar-refractivity contribution in [3.05, 3.63) is 64.7 Å². The van der Waals surface area contributed by atoms with E-state index in [1.807, 2.05) is 30.3 Å². The second kappa shape index (κ2) is 7.25. The van der Waals surface area contributed by atoms with Gasteiger partial charge in [0.15, 0.2) is 0 Å². The van der Waals surface area contributed by atoms with E-state index in [4.69, 9.17) is 4.74 Å². The molecule has 0 bridgehead atoms. The number of piperidine rings is 1. The summed E-state index contributed by atoms with van der Waals surface area (Å²) in [5, 5.41) is 5.81. The highest BCUT2D eigenvalue weighted by Gasteiger charge is 2.41. The van der Waals surface area contributed by atoms with Gasteiger partial charge in [-0.25, -0.2) is 0 Å². The molecule has 30 heavy (non-hydrogen) atoms. The largest absolute Gasteiger partial charge is 0.496 e. The summed E-state index contributed by atoms with van der Waals surface area (Å²) in [6.07, 6.45) is 0.602. The van der Waals surface area contributed by atoms with E-state index in [1.54, 1.807) is 12.0 Å². The summed E-state index contributed by atoms with van der Waals surface area (Å²) in [7, 11) is 1.64. The first kappa shape index (κ1) is 18.8. The molecule has 3 aliphatic heterocycles. The molecule has 3 heterocycles. The molecule has 5 rings (SSSR count). The summed E-state index contributed by atoms with van der Waals surface area (Å²) in [5.74, 6) is 0.196. The first-order valence-electron chi connectivity index (χ1n) is 10.2. The molecule has 2 saturated heterocycles. The molecule has 3 atom stereocenters. The van der Waals surface area contributed by atoms with Crippen molar-refractivity contribution in [1.29, 1.82) is 0 Å². The van der Waals surface area contributed by atoms with E-state index < -0.39 is 11.9 Å². The molecule has 2 aromatic rings. The monoisotopic (exact) mass is 405 g/mol. The average molecular weight is 405 g/mol. The third-order valence-corrected chi connectivity index (χ3v) is 6.40. The first-order chi connectivity index (χ1) is 14.6. The van der Waals surface area contributed by atoms with Crippen LogP contribution in [0.15, 0.2) is 42.5 Å². The van der Waals surface area contributed by atoms with E-state index >= 15 is 0 Å². The summed E-state index contributed by atoms with van der Waals surface area (Å²) < 4.78 is 5.67. The zero-order chi connectivity index (χ0) is 20.8. The van der Waals surface area contributed by atoms with Crippen LogP contribution in [0.2, 0.25) is 0 Å². The van der Waals surface area contributed by atoms with Crippen LogP contribution in [0, 0.1) is 0 Å². The Hall–Kier alpha value is -3.19. The molecular weight excluding hydrogens is 382 g/mol. The predicted octanol–water partition coefficient (Wildman–Crippen LogP) is 1.88. The van der Waals surface area contributed by atoms with Gasteiger partial charge in [-0.3, -0.25) is 19.7 Å². The second-order valence-electron chi connectivity index (χ2n) is 8.05. The van der Waals surface area contributed by atoms with E-state index in [0.717, 1.165) is 23.4 Å². The molecule has 7 heteroatoms. The van der Waals surface area contributed by atoms with Crippen LogP contribution < -0.4 is 15.4 Å². The third-order valence-electron chi connectivity index (χ3n) is 6.40. The number of fused-ring (bicyclic) bond motifs is 1. The topological polar surface area (TPSA) is 87.7 Å². The molecule has 0 spiro atoms. The number of carbonyl (C=O) groups excluding carboxylic acids is 3. The van der Waals surface area contributed by atoms with Crippen molar-refractivity contribution in [1.82, 2.24) is 15.5 Å². The number of nitrogens with one attached hydrogen (secondary N) is 2. The molecule has 0 saturated carbocycles. The maximum atomic E-state index is 13.2. The highest BCUT2D eigenvalue weighted by molar-refractivity contribution is 6.05. The summed E-state index contributed by atoms with van der Waals surface area (Å²) >= 11 is 0. The van der Waals surface area contributed by atoms with Crippen LogP contribution in [0.1, 0.15) is 51.8 Å². The Bertz CT molecular complexity index is 1040. The Morgan fingerprint density at radius 3 is 2.57 bits per heavy atom. The Kier molecular flexibility index (Phi) is 4.55. The standard InChI is InChI=1S/C23H23N3O4/c1-30-19-9-14-12-26(18-7-8-20(27)25-22(18)28)23(29)15(14)10-16(19)21-17(11-24-21)13-5-3-2-4-6-13/h2-6,9-10,17-18,21,24H,7-8,11-12H2,1H3,(H,25,27,28). The van der Waals surface area contributed by atoms with Crippen LogP contribution in [0.4, 0.5) is 0 Å². The molecule has 7 nitrogen and oxygen atoms in total. The zero-order valence-electron chi connectivity index (χ0n) is 16.7. The van der Waals surface area contributed by atoms with Crippen LogP contribution in [0.5, 0.6) is 5.75 Å². The number of ether oxygens (including phenoxy) is 1. The number of amides is 3. The van der Waals surface area contributed by atoms with Crippen molar-refractivity contribution in [2.24, 2.45) is 0 Å². The maximum Gasteiger partial charge on any atom is 0.255 e. The number of hydrogen-bond acceptors (Lipinski definition) is 5. The van der Waals surface area contributed by atoms with Crippen LogP contribution in [-0.4, -0.2) is 42.3 Å². The van der Waals surface area contributed by atoms with Gasteiger partial charge in [0.25, 0.3) is 5.91 Å². The number of hydrogen-bond donors (Lipinski definition) is 2. The molecular formula is C23H23N3O4. The molecule has 2 aromatic carbocycles. The summed E-state index contributed by atoms with van der Waals surface area (Å²) in [5.41, 5.74) is 3.66. The lowest BCUT2D eigenvalue weighted by molar-refractivity contribution is -0.136. The highest BCUT2D eigenvalue weighted by Crippen LogP contribution is 2.43. The van der Waals surface area contributed by atoms with Gasteiger partial charge in [0.1, 0.15) is 11.8 Å². The molecule has 0 radical (unpaired) electrons. The number of benzene rings is 2. The van der Waals surface area contributed by atoms with Crippen molar-refractivity contribution < 1.29 is 19.1 Å². The normalized spacial score (nSPS) is 25.6. The molecule has 3 unspecified atom stereocenters. The van der Waals surface area contributed by atoms with Crippen molar-refractivity contribution in [3.63, 3.8) is 0 Å². The molecule has 154 valence electrons. The molecule has 3 aliphatic rings. The number of carbonyl (C=O) groups is 3. The Morgan fingerprint density at radius 1 is 1.10 bits per heavy atom. The molecule has 2 N–H and O–H groups in total. The third kappa shape index (κ3) is 2.97. The van der Waals surface area contributed by atoms with E-state index in [9.17, 15) is 14.4 Å². The van der Waals surface area contributed by atoms with Crippen molar-refractivity contribution in [3.8, 4) is 5.75 Å². The fraction of sp³-hybridized carbons (Fsp3) is 0.348. The fourth-order valence-electron chi connectivity index (χ4n) is 4.72. The Balaban J connectivity index is 1.45. The Labute approximate surface area is 174 Å². The summed E-state index contributed by atoms with van der Waals surface area (Å²) in [6.45, 7) is 1.21.